The van der Waals surface area contributed by atoms with Crippen molar-refractivity contribution in [1.29, 1.82) is 5.26 Å². The van der Waals surface area contributed by atoms with Crippen molar-refractivity contribution in [2.24, 2.45) is 5.41 Å². The normalized spacial score (nSPS) is 21.1. The van der Waals surface area contributed by atoms with E-state index in [0.717, 1.165) is 17.9 Å². The van der Waals surface area contributed by atoms with Crippen molar-refractivity contribution in [1.82, 2.24) is 5.32 Å². The largest absolute Gasteiger partial charge is 0.496 e. The molecule has 1 aliphatic carbocycles. The van der Waals surface area contributed by atoms with Gasteiger partial charge in [-0.15, -0.1) is 0 Å². The fraction of sp³-hybridized carbons (Fsp3) is 0.562. The lowest BCUT2D eigenvalue weighted by atomic mass is 9.87. The molecule has 1 N–H and O–H groups in total. The van der Waals surface area contributed by atoms with Crippen molar-refractivity contribution in [2.45, 2.75) is 45.7 Å². The molecule has 0 bridgehead atoms. The van der Waals surface area contributed by atoms with E-state index in [1.807, 2.05) is 12.1 Å². The second-order valence-electron chi connectivity index (χ2n) is 5.95. The lowest BCUT2D eigenvalue weighted by Crippen LogP contribution is -2.37. The summed E-state index contributed by atoms with van der Waals surface area (Å²) in [5.41, 5.74) is 2.10. The highest BCUT2D eigenvalue weighted by molar-refractivity contribution is 5.42. The fourth-order valence-corrected chi connectivity index (χ4v) is 2.92. The third kappa shape index (κ3) is 3.08. The summed E-state index contributed by atoms with van der Waals surface area (Å²) in [5, 5.41) is 12.6. The molecule has 19 heavy (non-hydrogen) atoms. The van der Waals surface area contributed by atoms with Crippen LogP contribution in [-0.2, 0) is 6.54 Å². The summed E-state index contributed by atoms with van der Waals surface area (Å²) < 4.78 is 5.36. The zero-order valence-corrected chi connectivity index (χ0v) is 12.0. The van der Waals surface area contributed by atoms with E-state index >= 15 is 0 Å². The van der Waals surface area contributed by atoms with E-state index in [0.29, 0.717) is 17.0 Å². The Labute approximate surface area is 115 Å². The van der Waals surface area contributed by atoms with Crippen molar-refractivity contribution in [2.75, 3.05) is 7.11 Å². The smallest absolute Gasteiger partial charge is 0.123 e. The molecular formula is C16H22N2O. The first-order valence-corrected chi connectivity index (χ1v) is 6.87. The van der Waals surface area contributed by atoms with E-state index in [2.05, 4.69) is 25.2 Å². The van der Waals surface area contributed by atoms with Crippen LogP contribution in [0.1, 0.15) is 44.2 Å². The van der Waals surface area contributed by atoms with Crippen LogP contribution in [0, 0.1) is 16.7 Å². The fourth-order valence-electron chi connectivity index (χ4n) is 2.92. The van der Waals surface area contributed by atoms with Gasteiger partial charge in [-0.2, -0.15) is 5.26 Å². The van der Waals surface area contributed by atoms with Gasteiger partial charge in [-0.3, -0.25) is 0 Å². The van der Waals surface area contributed by atoms with Gasteiger partial charge in [0.2, 0.25) is 0 Å². The molecule has 2 rings (SSSR count). The van der Waals surface area contributed by atoms with Gasteiger partial charge in [0, 0.05) is 18.2 Å². The van der Waals surface area contributed by atoms with Crippen molar-refractivity contribution >= 4 is 0 Å². The molecule has 102 valence electrons. The molecule has 0 saturated heterocycles. The predicted molar refractivity (Wildman–Crippen MR) is 76.0 cm³/mol. The van der Waals surface area contributed by atoms with Crippen LogP contribution in [0.15, 0.2) is 18.2 Å². The topological polar surface area (TPSA) is 45.0 Å². The Hall–Kier alpha value is -1.53. The number of hydrogen-bond donors (Lipinski definition) is 1. The molecule has 3 nitrogen and oxygen atoms in total. The first-order chi connectivity index (χ1) is 9.06. The van der Waals surface area contributed by atoms with E-state index in [4.69, 9.17) is 10.00 Å². The molecule has 0 aromatic heterocycles. The number of nitrogens with zero attached hydrogens (tertiary/aromatic N) is 1. The number of hydrogen-bond acceptors (Lipinski definition) is 3. The summed E-state index contributed by atoms with van der Waals surface area (Å²) in [6, 6.07) is 8.30. The van der Waals surface area contributed by atoms with Gasteiger partial charge in [0.1, 0.15) is 5.75 Å². The monoisotopic (exact) mass is 258 g/mol. The minimum atomic E-state index is 0.361. The number of nitrogens with one attached hydrogen (secondary N) is 1. The van der Waals surface area contributed by atoms with Crippen molar-refractivity contribution in [3.8, 4) is 11.8 Å². The maximum absolute atomic E-state index is 8.98. The second kappa shape index (κ2) is 5.63. The maximum Gasteiger partial charge on any atom is 0.123 e. The van der Waals surface area contributed by atoms with Gasteiger partial charge in [-0.25, -0.2) is 0 Å². The highest BCUT2D eigenvalue weighted by Crippen LogP contribution is 2.37. The summed E-state index contributed by atoms with van der Waals surface area (Å²) in [5.74, 6) is 0.849. The van der Waals surface area contributed by atoms with Gasteiger partial charge in [0.15, 0.2) is 0 Å². The Morgan fingerprint density at radius 2 is 2.26 bits per heavy atom. The van der Waals surface area contributed by atoms with Gasteiger partial charge >= 0.3 is 0 Å². The molecule has 1 aromatic rings. The number of methoxy groups -OCH3 is 1. The minimum absolute atomic E-state index is 0.361. The maximum atomic E-state index is 8.98. The third-order valence-electron chi connectivity index (χ3n) is 4.21. The molecule has 1 unspecified atom stereocenters. The Morgan fingerprint density at radius 1 is 1.47 bits per heavy atom. The van der Waals surface area contributed by atoms with Crippen LogP contribution in [-0.4, -0.2) is 13.2 Å². The molecule has 1 atom stereocenters. The summed E-state index contributed by atoms with van der Waals surface area (Å²) >= 11 is 0. The second-order valence-corrected chi connectivity index (χ2v) is 5.95. The highest BCUT2D eigenvalue weighted by Gasteiger charge is 2.33. The van der Waals surface area contributed by atoms with Crippen molar-refractivity contribution in [3.63, 3.8) is 0 Å². The Balaban J connectivity index is 2.08. The summed E-state index contributed by atoms with van der Waals surface area (Å²) in [6.07, 6.45) is 3.80. The van der Waals surface area contributed by atoms with Crippen LogP contribution in [0.4, 0.5) is 0 Å². The van der Waals surface area contributed by atoms with Gasteiger partial charge in [0.25, 0.3) is 0 Å². The zero-order valence-electron chi connectivity index (χ0n) is 12.0. The number of ether oxygens (including phenoxy) is 1. The van der Waals surface area contributed by atoms with Crippen molar-refractivity contribution < 1.29 is 4.74 Å². The molecule has 0 aliphatic heterocycles. The lowest BCUT2D eigenvalue weighted by molar-refractivity contribution is 0.281. The summed E-state index contributed by atoms with van der Waals surface area (Å²) in [7, 11) is 1.67. The Bertz CT molecular complexity index is 488. The number of benzene rings is 1. The predicted octanol–water partition coefficient (Wildman–Crippen LogP) is 3.24. The number of rotatable bonds is 4. The quantitative estimate of drug-likeness (QED) is 0.901. The average Bonchev–Trinajstić information content (AvgIpc) is 2.75. The molecule has 0 spiro atoms. The minimum Gasteiger partial charge on any atom is -0.496 e. The van der Waals surface area contributed by atoms with Crippen LogP contribution in [0.5, 0.6) is 5.75 Å². The first kappa shape index (κ1) is 13.9. The molecule has 1 aromatic carbocycles. The molecule has 1 fully saturated rings. The first-order valence-electron chi connectivity index (χ1n) is 6.87. The van der Waals surface area contributed by atoms with Crippen LogP contribution >= 0.6 is 0 Å². The summed E-state index contributed by atoms with van der Waals surface area (Å²) in [6.45, 7) is 5.40. The van der Waals surface area contributed by atoms with E-state index in [9.17, 15) is 0 Å². The Kier molecular flexibility index (Phi) is 4.11. The van der Waals surface area contributed by atoms with Crippen LogP contribution < -0.4 is 10.1 Å². The van der Waals surface area contributed by atoms with Crippen molar-refractivity contribution in [3.05, 3.63) is 29.3 Å². The average molecular weight is 258 g/mol. The van der Waals surface area contributed by atoms with E-state index < -0.39 is 0 Å². The van der Waals surface area contributed by atoms with Crippen LogP contribution in [0.3, 0.4) is 0 Å². The molecular weight excluding hydrogens is 236 g/mol. The molecule has 1 aliphatic rings. The van der Waals surface area contributed by atoms with E-state index in [-0.39, 0.29) is 0 Å². The number of nitriles is 1. The summed E-state index contributed by atoms with van der Waals surface area (Å²) in [4.78, 5) is 0. The van der Waals surface area contributed by atoms with Gasteiger partial charge in [-0.05, 0) is 36.5 Å². The zero-order chi connectivity index (χ0) is 13.9. The van der Waals surface area contributed by atoms with Gasteiger partial charge in [-0.1, -0.05) is 20.3 Å². The standard InChI is InChI=1S/C16H22N2O/c1-16(2)8-4-5-15(16)18-11-13-9-12(10-17)6-7-14(13)19-3/h6-7,9,15,18H,4-5,8,11H2,1-3H3. The highest BCUT2D eigenvalue weighted by atomic mass is 16.5. The van der Waals surface area contributed by atoms with Gasteiger partial charge in [0.05, 0.1) is 18.7 Å². The third-order valence-corrected chi connectivity index (χ3v) is 4.21. The van der Waals surface area contributed by atoms with Gasteiger partial charge < -0.3 is 10.1 Å². The lowest BCUT2D eigenvalue weighted by Gasteiger charge is -2.28. The molecule has 0 amide bonds. The van der Waals surface area contributed by atoms with E-state index in [1.54, 1.807) is 13.2 Å². The molecule has 0 radical (unpaired) electrons. The molecule has 0 heterocycles. The SMILES string of the molecule is COc1ccc(C#N)cc1CNC1CCCC1(C)C. The van der Waals surface area contributed by atoms with Crippen LogP contribution in [0.25, 0.3) is 0 Å². The molecule has 1 saturated carbocycles. The van der Waals surface area contributed by atoms with E-state index in [1.165, 1.54) is 19.3 Å². The van der Waals surface area contributed by atoms with Crippen LogP contribution in [0.2, 0.25) is 0 Å². The Morgan fingerprint density at radius 3 is 2.84 bits per heavy atom. The molecule has 3 heteroatoms.